The molecule has 4 rings (SSSR count). The summed E-state index contributed by atoms with van der Waals surface area (Å²) in [5.41, 5.74) is 3.29. The van der Waals surface area contributed by atoms with E-state index in [0.29, 0.717) is 29.5 Å². The van der Waals surface area contributed by atoms with E-state index < -0.39 is 0 Å². The summed E-state index contributed by atoms with van der Waals surface area (Å²) in [6.45, 7) is 5.24. The van der Waals surface area contributed by atoms with E-state index in [9.17, 15) is 4.79 Å². The number of thiophene rings is 1. The van der Waals surface area contributed by atoms with Crippen LogP contribution in [0.5, 0.6) is 0 Å². The van der Waals surface area contributed by atoms with Gasteiger partial charge >= 0.3 is 0 Å². The molecule has 168 valence electrons. The molecule has 4 aromatic rings. The van der Waals surface area contributed by atoms with Crippen molar-refractivity contribution in [3.63, 3.8) is 0 Å². The first kappa shape index (κ1) is 22.6. The lowest BCUT2D eigenvalue weighted by atomic mass is 10.1. The topological polar surface area (TPSA) is 61.7 Å². The summed E-state index contributed by atoms with van der Waals surface area (Å²) in [4.78, 5) is 33.0. The Labute approximate surface area is 198 Å². The quantitative estimate of drug-likeness (QED) is 0.263. The number of carbonyl (C=O) groups is 1. The third kappa shape index (κ3) is 4.64. The molecule has 0 spiro atoms. The van der Waals surface area contributed by atoms with Crippen molar-refractivity contribution in [2.45, 2.75) is 13.8 Å². The van der Waals surface area contributed by atoms with Crippen molar-refractivity contribution < 1.29 is 4.79 Å². The van der Waals surface area contributed by atoms with Crippen LogP contribution in [-0.4, -0.2) is 59.2 Å². The molecule has 2 aromatic carbocycles. The Hall–Kier alpha value is -3.58. The van der Waals surface area contributed by atoms with Gasteiger partial charge in [0.1, 0.15) is 15.4 Å². The minimum absolute atomic E-state index is 0.0332. The van der Waals surface area contributed by atoms with Gasteiger partial charge in [0.05, 0.1) is 17.4 Å². The molecule has 0 aliphatic carbocycles. The predicted octanol–water partition coefficient (Wildman–Crippen LogP) is 5.73. The Morgan fingerprint density at radius 1 is 0.939 bits per heavy atom. The Balaban J connectivity index is 2.06. The summed E-state index contributed by atoms with van der Waals surface area (Å²) in [5, 5.41) is 0.805. The highest BCUT2D eigenvalue weighted by atomic mass is 32.1. The number of benzene rings is 2. The molecule has 0 N–H and O–H groups in total. The normalized spacial score (nSPS) is 11.3. The largest absolute Gasteiger partial charge is 0.369 e. The Bertz CT molecular complexity index is 1280. The zero-order valence-corrected chi connectivity index (χ0v) is 20.1. The molecule has 0 saturated carbocycles. The minimum Gasteiger partial charge on any atom is -0.369 e. The molecule has 6 nitrogen and oxygen atoms in total. The fourth-order valence-electron chi connectivity index (χ4n) is 3.60. The van der Waals surface area contributed by atoms with E-state index in [4.69, 9.17) is 15.0 Å². The summed E-state index contributed by atoms with van der Waals surface area (Å²) >= 11 is 1.39. The molecule has 0 atom stereocenters. The second-order valence-corrected chi connectivity index (χ2v) is 8.77. The Morgan fingerprint density at radius 2 is 1.55 bits per heavy atom. The SMILES string of the molecule is CCN(CC)C(=O)c1sc2nc(-c3ccccc3)nc(-c3ccccc3)c2c1N=CN(C)C. The van der Waals surface area contributed by atoms with Crippen LogP contribution in [0.25, 0.3) is 32.9 Å². The second-order valence-electron chi connectivity index (χ2n) is 7.77. The van der Waals surface area contributed by atoms with Gasteiger partial charge in [-0.15, -0.1) is 11.3 Å². The molecule has 1 amide bonds. The van der Waals surface area contributed by atoms with E-state index in [1.165, 1.54) is 11.3 Å². The van der Waals surface area contributed by atoms with Crippen molar-refractivity contribution in [2.75, 3.05) is 27.2 Å². The first-order valence-corrected chi connectivity index (χ1v) is 11.8. The average Bonchev–Trinajstić information content (AvgIpc) is 3.22. The van der Waals surface area contributed by atoms with Crippen molar-refractivity contribution >= 4 is 39.5 Å². The molecule has 2 heterocycles. The van der Waals surface area contributed by atoms with Gasteiger partial charge in [0.2, 0.25) is 0 Å². The van der Waals surface area contributed by atoms with E-state index in [2.05, 4.69) is 0 Å². The van der Waals surface area contributed by atoms with E-state index in [-0.39, 0.29) is 5.91 Å². The predicted molar refractivity (Wildman–Crippen MR) is 137 cm³/mol. The zero-order chi connectivity index (χ0) is 23.4. The fraction of sp³-hybridized carbons (Fsp3) is 0.231. The average molecular weight is 458 g/mol. The van der Waals surface area contributed by atoms with Gasteiger partial charge in [-0.05, 0) is 13.8 Å². The highest BCUT2D eigenvalue weighted by Crippen LogP contribution is 2.43. The monoisotopic (exact) mass is 457 g/mol. The number of aliphatic imine (C=N–C) groups is 1. The standard InChI is InChI=1S/C26H27N5OS/c1-5-31(6-2)26(32)23-22(27-17-30(3)4)20-21(18-13-9-7-10-14-18)28-24(29-25(20)33-23)19-15-11-8-12-16-19/h7-17H,5-6H2,1-4H3. The number of aromatic nitrogens is 2. The van der Waals surface area contributed by atoms with E-state index in [1.54, 1.807) is 6.34 Å². The van der Waals surface area contributed by atoms with Crippen molar-refractivity contribution in [3.05, 3.63) is 65.5 Å². The molecule has 0 aliphatic heterocycles. The number of fused-ring (bicyclic) bond motifs is 1. The first-order valence-electron chi connectivity index (χ1n) is 11.0. The smallest absolute Gasteiger partial charge is 0.266 e. The summed E-state index contributed by atoms with van der Waals surface area (Å²) in [6.07, 6.45) is 1.72. The van der Waals surface area contributed by atoms with Crippen LogP contribution in [0.2, 0.25) is 0 Å². The minimum atomic E-state index is -0.0332. The molecular formula is C26H27N5OS. The lowest BCUT2D eigenvalue weighted by Crippen LogP contribution is -2.29. The Morgan fingerprint density at radius 3 is 2.12 bits per heavy atom. The van der Waals surface area contributed by atoms with Gasteiger partial charge in [-0.2, -0.15) is 0 Å². The number of carbonyl (C=O) groups excluding carboxylic acids is 1. The summed E-state index contributed by atoms with van der Waals surface area (Å²) in [7, 11) is 3.82. The molecule has 0 saturated heterocycles. The van der Waals surface area contributed by atoms with Crippen LogP contribution in [0.3, 0.4) is 0 Å². The van der Waals surface area contributed by atoms with Crippen LogP contribution in [0.4, 0.5) is 5.69 Å². The second kappa shape index (κ2) is 9.92. The van der Waals surface area contributed by atoms with Gasteiger partial charge in [-0.25, -0.2) is 15.0 Å². The lowest BCUT2D eigenvalue weighted by Gasteiger charge is -2.18. The summed E-state index contributed by atoms with van der Waals surface area (Å²) < 4.78 is 0. The third-order valence-electron chi connectivity index (χ3n) is 5.27. The number of amides is 1. The number of rotatable bonds is 7. The van der Waals surface area contributed by atoms with Gasteiger partial charge in [-0.1, -0.05) is 60.7 Å². The molecule has 0 unspecified atom stereocenters. The number of hydrogen-bond acceptors (Lipinski definition) is 5. The van der Waals surface area contributed by atoms with Crippen LogP contribution < -0.4 is 0 Å². The highest BCUT2D eigenvalue weighted by Gasteiger charge is 2.26. The van der Waals surface area contributed by atoms with Crippen molar-refractivity contribution in [1.29, 1.82) is 0 Å². The molecule has 0 fully saturated rings. The van der Waals surface area contributed by atoms with Gasteiger partial charge in [0.15, 0.2) is 5.82 Å². The van der Waals surface area contributed by atoms with E-state index >= 15 is 0 Å². The molecule has 33 heavy (non-hydrogen) atoms. The van der Waals surface area contributed by atoms with Crippen LogP contribution in [0, 0.1) is 0 Å². The van der Waals surface area contributed by atoms with Gasteiger partial charge in [0.25, 0.3) is 5.91 Å². The summed E-state index contributed by atoms with van der Waals surface area (Å²) in [6, 6.07) is 19.9. The van der Waals surface area contributed by atoms with Gasteiger partial charge in [-0.3, -0.25) is 4.79 Å². The number of hydrogen-bond donors (Lipinski definition) is 0. The van der Waals surface area contributed by atoms with E-state index in [0.717, 1.165) is 27.0 Å². The zero-order valence-electron chi connectivity index (χ0n) is 19.3. The maximum Gasteiger partial charge on any atom is 0.266 e. The van der Waals surface area contributed by atoms with Crippen molar-refractivity contribution in [2.24, 2.45) is 4.99 Å². The van der Waals surface area contributed by atoms with Crippen molar-refractivity contribution in [1.82, 2.24) is 19.8 Å². The van der Waals surface area contributed by atoms with Crippen LogP contribution in [-0.2, 0) is 0 Å². The van der Waals surface area contributed by atoms with Crippen LogP contribution in [0.1, 0.15) is 23.5 Å². The molecule has 7 heteroatoms. The molecule has 0 aliphatic rings. The first-order chi connectivity index (χ1) is 16.0. The Kier molecular flexibility index (Phi) is 6.79. The highest BCUT2D eigenvalue weighted by molar-refractivity contribution is 7.21. The fourth-order valence-corrected chi connectivity index (χ4v) is 4.69. The van der Waals surface area contributed by atoms with Crippen molar-refractivity contribution in [3.8, 4) is 22.6 Å². The van der Waals surface area contributed by atoms with Gasteiger partial charge in [0, 0.05) is 38.3 Å². The lowest BCUT2D eigenvalue weighted by molar-refractivity contribution is 0.0778. The number of nitrogens with zero attached hydrogens (tertiary/aromatic N) is 5. The van der Waals surface area contributed by atoms with Crippen LogP contribution >= 0.6 is 11.3 Å². The summed E-state index contributed by atoms with van der Waals surface area (Å²) in [5.74, 6) is 0.599. The molecule has 0 radical (unpaired) electrons. The molecular weight excluding hydrogens is 430 g/mol. The van der Waals surface area contributed by atoms with Crippen LogP contribution in [0.15, 0.2) is 65.7 Å². The molecule has 2 aromatic heterocycles. The maximum atomic E-state index is 13.4. The molecule has 0 bridgehead atoms. The third-order valence-corrected chi connectivity index (χ3v) is 6.33. The van der Waals surface area contributed by atoms with E-state index in [1.807, 2.05) is 98.4 Å². The maximum absolute atomic E-state index is 13.4. The van der Waals surface area contributed by atoms with Gasteiger partial charge < -0.3 is 9.80 Å².